The first-order chi connectivity index (χ1) is 8.36. The number of hydrogen-bond acceptors (Lipinski definition) is 3. The Kier molecular flexibility index (Phi) is 6.63. The van der Waals surface area contributed by atoms with E-state index in [9.17, 15) is 0 Å². The van der Waals surface area contributed by atoms with Gasteiger partial charge in [-0.15, -0.1) is 0 Å². The lowest BCUT2D eigenvalue weighted by Gasteiger charge is -2.06. The average Bonchev–Trinajstić information content (AvgIpc) is 2.37. The maximum Gasteiger partial charge on any atom is 0.119 e. The molecule has 0 heterocycles. The van der Waals surface area contributed by atoms with Gasteiger partial charge in [0.1, 0.15) is 5.75 Å². The molecule has 1 aromatic rings. The lowest BCUT2D eigenvalue weighted by Crippen LogP contribution is -1.99. The van der Waals surface area contributed by atoms with Crippen molar-refractivity contribution in [2.24, 2.45) is 5.11 Å². The summed E-state index contributed by atoms with van der Waals surface area (Å²) in [7, 11) is 1.70. The molecular weight excluding hydrogens is 218 g/mol. The van der Waals surface area contributed by atoms with Gasteiger partial charge in [0, 0.05) is 18.6 Å². The van der Waals surface area contributed by atoms with Gasteiger partial charge in [0.2, 0.25) is 0 Å². The molecule has 0 N–H and O–H groups in total. The molecule has 17 heavy (non-hydrogen) atoms. The van der Waals surface area contributed by atoms with Crippen molar-refractivity contribution in [1.29, 1.82) is 0 Å². The molecule has 0 aromatic heterocycles. The van der Waals surface area contributed by atoms with Gasteiger partial charge in [0.25, 0.3) is 0 Å². The van der Waals surface area contributed by atoms with Crippen LogP contribution in [0, 0.1) is 0 Å². The van der Waals surface area contributed by atoms with E-state index in [1.807, 2.05) is 24.3 Å². The predicted molar refractivity (Wildman–Crippen MR) is 66.1 cm³/mol. The Labute approximate surface area is 101 Å². The van der Waals surface area contributed by atoms with E-state index in [0.29, 0.717) is 13.2 Å². The van der Waals surface area contributed by atoms with Crippen molar-refractivity contribution in [1.82, 2.24) is 0 Å². The fourth-order valence-electron chi connectivity index (χ4n) is 1.34. The Morgan fingerprint density at radius 1 is 1.24 bits per heavy atom. The first kappa shape index (κ1) is 13.4. The van der Waals surface area contributed by atoms with Gasteiger partial charge in [-0.3, -0.25) is 0 Å². The predicted octanol–water partition coefficient (Wildman–Crippen LogP) is 2.95. The normalized spacial score (nSPS) is 9.71. The zero-order valence-electron chi connectivity index (χ0n) is 10.0. The van der Waals surface area contributed by atoms with E-state index >= 15 is 0 Å². The van der Waals surface area contributed by atoms with Crippen molar-refractivity contribution >= 4 is 0 Å². The second kappa shape index (κ2) is 8.44. The molecule has 0 saturated carbocycles. The Hall–Kier alpha value is -1.71. The molecule has 0 fully saturated rings. The number of hydrogen-bond donors (Lipinski definition) is 0. The van der Waals surface area contributed by atoms with E-state index in [4.69, 9.17) is 15.0 Å². The minimum Gasteiger partial charge on any atom is -0.494 e. The van der Waals surface area contributed by atoms with Crippen LogP contribution in [0.25, 0.3) is 10.4 Å². The van der Waals surface area contributed by atoms with Crippen LogP contribution in [0.15, 0.2) is 29.4 Å². The quantitative estimate of drug-likeness (QED) is 0.301. The van der Waals surface area contributed by atoms with E-state index in [-0.39, 0.29) is 0 Å². The molecule has 0 saturated heterocycles. The molecule has 92 valence electrons. The first-order valence-electron chi connectivity index (χ1n) is 5.58. The maximum absolute atomic E-state index is 8.09. The Balaban J connectivity index is 2.27. The molecule has 0 bridgehead atoms. The van der Waals surface area contributed by atoms with Gasteiger partial charge in [-0.2, -0.15) is 0 Å². The third-order valence-corrected chi connectivity index (χ3v) is 2.25. The average molecular weight is 235 g/mol. The number of methoxy groups -OCH3 is 1. The summed E-state index contributed by atoms with van der Waals surface area (Å²) in [6.45, 7) is 1.77. The molecule has 0 unspecified atom stereocenters. The summed E-state index contributed by atoms with van der Waals surface area (Å²) >= 11 is 0. The van der Waals surface area contributed by atoms with Crippen molar-refractivity contribution in [2.45, 2.75) is 12.8 Å². The van der Waals surface area contributed by atoms with E-state index in [1.54, 1.807) is 7.11 Å². The summed E-state index contributed by atoms with van der Waals surface area (Å²) in [6, 6.07) is 7.95. The summed E-state index contributed by atoms with van der Waals surface area (Å²) in [6.07, 6.45) is 1.64. The van der Waals surface area contributed by atoms with E-state index in [2.05, 4.69) is 10.0 Å². The minimum absolute atomic E-state index is 0.475. The summed E-state index contributed by atoms with van der Waals surface area (Å²) in [4.78, 5) is 2.68. The van der Waals surface area contributed by atoms with Crippen LogP contribution in [-0.4, -0.2) is 26.9 Å². The third kappa shape index (κ3) is 5.80. The summed E-state index contributed by atoms with van der Waals surface area (Å²) < 4.78 is 10.5. The molecule has 5 heteroatoms. The number of nitrogens with zero attached hydrogens (tertiary/aromatic N) is 3. The molecular formula is C12H17N3O2. The van der Waals surface area contributed by atoms with Crippen LogP contribution in [0.3, 0.4) is 0 Å². The van der Waals surface area contributed by atoms with Crippen molar-refractivity contribution in [3.05, 3.63) is 40.3 Å². The largest absolute Gasteiger partial charge is 0.494 e. The van der Waals surface area contributed by atoms with Crippen molar-refractivity contribution < 1.29 is 9.47 Å². The van der Waals surface area contributed by atoms with Gasteiger partial charge in [-0.05, 0) is 36.1 Å². The fraction of sp³-hybridized carbons (Fsp3) is 0.500. The van der Waals surface area contributed by atoms with Crippen molar-refractivity contribution in [3.8, 4) is 5.75 Å². The number of ether oxygens (including phenoxy) is 2. The van der Waals surface area contributed by atoms with E-state index < -0.39 is 0 Å². The molecule has 0 aliphatic heterocycles. The number of azide groups is 1. The number of rotatable bonds is 8. The second-order valence-corrected chi connectivity index (χ2v) is 3.54. The Morgan fingerprint density at radius 3 is 2.65 bits per heavy atom. The SMILES string of the molecule is COCCc1ccc(OCCCN=[N+]=[N-])cc1. The summed E-state index contributed by atoms with van der Waals surface area (Å²) in [5.41, 5.74) is 9.32. The van der Waals surface area contributed by atoms with Crippen molar-refractivity contribution in [2.75, 3.05) is 26.9 Å². The van der Waals surface area contributed by atoms with Crippen LogP contribution in [0.1, 0.15) is 12.0 Å². The zero-order valence-corrected chi connectivity index (χ0v) is 10.0. The molecule has 1 rings (SSSR count). The highest BCUT2D eigenvalue weighted by Crippen LogP contribution is 2.12. The molecule has 5 nitrogen and oxygen atoms in total. The Bertz CT molecular complexity index is 359. The van der Waals surface area contributed by atoms with Gasteiger partial charge in [-0.25, -0.2) is 0 Å². The fourth-order valence-corrected chi connectivity index (χ4v) is 1.34. The molecule has 0 radical (unpaired) electrons. The smallest absolute Gasteiger partial charge is 0.119 e. The first-order valence-corrected chi connectivity index (χ1v) is 5.58. The topological polar surface area (TPSA) is 67.2 Å². The van der Waals surface area contributed by atoms with E-state index in [1.165, 1.54) is 5.56 Å². The molecule has 1 aromatic carbocycles. The van der Waals surface area contributed by atoms with Gasteiger partial charge >= 0.3 is 0 Å². The molecule has 0 amide bonds. The van der Waals surface area contributed by atoms with Crippen LogP contribution in [-0.2, 0) is 11.2 Å². The van der Waals surface area contributed by atoms with Crippen LogP contribution in [0.4, 0.5) is 0 Å². The third-order valence-electron chi connectivity index (χ3n) is 2.25. The van der Waals surface area contributed by atoms with Crippen LogP contribution in [0.2, 0.25) is 0 Å². The molecule has 0 spiro atoms. The van der Waals surface area contributed by atoms with Crippen LogP contribution >= 0.6 is 0 Å². The van der Waals surface area contributed by atoms with E-state index in [0.717, 1.165) is 25.2 Å². The lowest BCUT2D eigenvalue weighted by molar-refractivity contribution is 0.202. The standard InChI is InChI=1S/C12H17N3O2/c1-16-10-7-11-3-5-12(6-4-11)17-9-2-8-14-15-13/h3-6H,2,7-10H2,1H3. The van der Waals surface area contributed by atoms with Crippen molar-refractivity contribution in [3.63, 3.8) is 0 Å². The highest BCUT2D eigenvalue weighted by Gasteiger charge is 1.95. The number of benzene rings is 1. The van der Waals surface area contributed by atoms with Gasteiger partial charge in [0.05, 0.1) is 13.2 Å². The summed E-state index contributed by atoms with van der Waals surface area (Å²) in [5, 5.41) is 3.44. The van der Waals surface area contributed by atoms with Crippen LogP contribution < -0.4 is 4.74 Å². The highest BCUT2D eigenvalue weighted by atomic mass is 16.5. The lowest BCUT2D eigenvalue weighted by atomic mass is 10.1. The Morgan fingerprint density at radius 2 is 2.00 bits per heavy atom. The van der Waals surface area contributed by atoms with Gasteiger partial charge < -0.3 is 9.47 Å². The second-order valence-electron chi connectivity index (χ2n) is 3.54. The minimum atomic E-state index is 0.475. The highest BCUT2D eigenvalue weighted by molar-refractivity contribution is 5.27. The molecule has 0 atom stereocenters. The molecule has 0 aliphatic carbocycles. The van der Waals surface area contributed by atoms with Crippen LogP contribution in [0.5, 0.6) is 5.75 Å². The molecule has 0 aliphatic rings. The monoisotopic (exact) mass is 235 g/mol. The maximum atomic E-state index is 8.09. The van der Waals surface area contributed by atoms with Gasteiger partial charge in [-0.1, -0.05) is 17.2 Å². The summed E-state index contributed by atoms with van der Waals surface area (Å²) in [5.74, 6) is 0.840. The zero-order chi connectivity index (χ0) is 12.3. The van der Waals surface area contributed by atoms with Gasteiger partial charge in [0.15, 0.2) is 0 Å².